The lowest BCUT2D eigenvalue weighted by molar-refractivity contribution is -0.588. The molecule has 0 saturated heterocycles. The first kappa shape index (κ1) is 7.31. The Morgan fingerprint density at radius 1 is 1.17 bits per heavy atom. The molecule has 0 saturated carbocycles. The molecule has 1 aromatic heterocycles. The zero-order valence-electron chi connectivity index (χ0n) is 6.31. The van der Waals surface area contributed by atoms with Crippen LogP contribution in [0.5, 0.6) is 0 Å². The number of aromatic nitrogens is 1. The van der Waals surface area contributed by atoms with Gasteiger partial charge in [-0.1, -0.05) is 29.5 Å². The molecule has 0 fully saturated rings. The topological polar surface area (TPSA) is 26.9 Å². The van der Waals surface area contributed by atoms with Crippen molar-refractivity contribution in [1.82, 2.24) is 0 Å². The third kappa shape index (κ3) is 1.19. The van der Waals surface area contributed by atoms with Gasteiger partial charge in [-0.15, -0.1) is 0 Å². The van der Waals surface area contributed by atoms with E-state index in [0.29, 0.717) is 0 Å². The van der Waals surface area contributed by atoms with Gasteiger partial charge in [0.05, 0.1) is 10.9 Å². The van der Waals surface area contributed by atoms with E-state index in [0.717, 1.165) is 15.3 Å². The van der Waals surface area contributed by atoms with Crippen LogP contribution in [0.2, 0.25) is 0 Å². The molecule has 1 heterocycles. The SMILES string of the molecule is [O-][n+]1ccsc1-c1ccccc1. The van der Waals surface area contributed by atoms with Crippen LogP contribution in [0.3, 0.4) is 0 Å². The second-order valence-electron chi connectivity index (χ2n) is 2.40. The van der Waals surface area contributed by atoms with E-state index in [4.69, 9.17) is 0 Å². The summed E-state index contributed by atoms with van der Waals surface area (Å²) < 4.78 is 0.889. The van der Waals surface area contributed by atoms with Gasteiger partial charge in [-0.05, 0) is 12.1 Å². The van der Waals surface area contributed by atoms with Gasteiger partial charge in [-0.25, -0.2) is 0 Å². The number of thiazole rings is 1. The summed E-state index contributed by atoms with van der Waals surface area (Å²) in [6.07, 6.45) is 1.52. The highest BCUT2D eigenvalue weighted by atomic mass is 32.1. The minimum Gasteiger partial charge on any atom is -0.618 e. The zero-order chi connectivity index (χ0) is 8.39. The number of benzene rings is 1. The Morgan fingerprint density at radius 2 is 1.92 bits per heavy atom. The molecule has 0 amide bonds. The minimum atomic E-state index is 0.746. The standard InChI is InChI=1S/C9H7NOS/c11-10-6-7-12-9(10)8-4-2-1-3-5-8/h1-7H. The van der Waals surface area contributed by atoms with Gasteiger partial charge in [0.1, 0.15) is 0 Å². The molecular weight excluding hydrogens is 170 g/mol. The molecule has 0 unspecified atom stereocenters. The molecule has 0 bridgehead atoms. The fourth-order valence-electron chi connectivity index (χ4n) is 1.05. The Labute approximate surface area is 74.3 Å². The number of nitrogens with zero attached hydrogens (tertiary/aromatic N) is 1. The first-order valence-electron chi connectivity index (χ1n) is 3.60. The maximum absolute atomic E-state index is 11.1. The van der Waals surface area contributed by atoms with Crippen molar-refractivity contribution in [2.45, 2.75) is 0 Å². The first-order valence-corrected chi connectivity index (χ1v) is 4.48. The highest BCUT2D eigenvalue weighted by Crippen LogP contribution is 2.18. The second kappa shape index (κ2) is 2.95. The van der Waals surface area contributed by atoms with E-state index in [9.17, 15) is 5.21 Å². The average Bonchev–Trinajstić information content (AvgIpc) is 2.53. The Balaban J connectivity index is 2.51. The molecule has 2 rings (SSSR count). The van der Waals surface area contributed by atoms with E-state index >= 15 is 0 Å². The molecule has 0 radical (unpaired) electrons. The monoisotopic (exact) mass is 177 g/mol. The summed E-state index contributed by atoms with van der Waals surface area (Å²) >= 11 is 1.45. The van der Waals surface area contributed by atoms with Crippen LogP contribution in [-0.2, 0) is 0 Å². The van der Waals surface area contributed by atoms with Gasteiger partial charge >= 0.3 is 0 Å². The predicted octanol–water partition coefficient (Wildman–Crippen LogP) is 2.05. The van der Waals surface area contributed by atoms with Crippen molar-refractivity contribution in [2.24, 2.45) is 0 Å². The van der Waals surface area contributed by atoms with Crippen LogP contribution < -0.4 is 4.73 Å². The lowest BCUT2D eigenvalue weighted by Gasteiger charge is -1.95. The normalized spacial score (nSPS) is 10.0. The van der Waals surface area contributed by atoms with Gasteiger partial charge in [0, 0.05) is 0 Å². The molecule has 2 nitrogen and oxygen atoms in total. The molecule has 2 aromatic rings. The Kier molecular flexibility index (Phi) is 1.80. The van der Waals surface area contributed by atoms with Crippen molar-refractivity contribution < 1.29 is 4.73 Å². The molecule has 12 heavy (non-hydrogen) atoms. The van der Waals surface area contributed by atoms with Crippen molar-refractivity contribution in [2.75, 3.05) is 0 Å². The van der Waals surface area contributed by atoms with Gasteiger partial charge in [-0.2, -0.15) is 4.73 Å². The van der Waals surface area contributed by atoms with E-state index in [-0.39, 0.29) is 0 Å². The lowest BCUT2D eigenvalue weighted by atomic mass is 10.2. The summed E-state index contributed by atoms with van der Waals surface area (Å²) in [6.45, 7) is 0. The van der Waals surface area contributed by atoms with E-state index in [2.05, 4.69) is 0 Å². The molecule has 3 heteroatoms. The van der Waals surface area contributed by atoms with Crippen molar-refractivity contribution in [3.8, 4) is 10.6 Å². The number of hydrogen-bond acceptors (Lipinski definition) is 2. The van der Waals surface area contributed by atoms with E-state index in [1.54, 1.807) is 5.38 Å². The Morgan fingerprint density at radius 3 is 2.50 bits per heavy atom. The number of rotatable bonds is 1. The summed E-state index contributed by atoms with van der Waals surface area (Å²) in [4.78, 5) is 0. The van der Waals surface area contributed by atoms with Gasteiger partial charge < -0.3 is 5.21 Å². The van der Waals surface area contributed by atoms with Gasteiger partial charge in [0.15, 0.2) is 6.20 Å². The molecule has 1 aromatic carbocycles. The van der Waals surface area contributed by atoms with Crippen LogP contribution in [0.4, 0.5) is 0 Å². The second-order valence-corrected chi connectivity index (χ2v) is 3.29. The smallest absolute Gasteiger partial charge is 0.280 e. The average molecular weight is 177 g/mol. The summed E-state index contributed by atoms with van der Waals surface area (Å²) in [5, 5.41) is 13.7. The van der Waals surface area contributed by atoms with E-state index in [1.807, 2.05) is 30.3 Å². The van der Waals surface area contributed by atoms with Gasteiger partial charge in [-0.3, -0.25) is 0 Å². The molecule has 0 atom stereocenters. The van der Waals surface area contributed by atoms with Gasteiger partial charge in [0.2, 0.25) is 0 Å². The maximum Gasteiger partial charge on any atom is 0.280 e. The molecular formula is C9H7NOS. The highest BCUT2D eigenvalue weighted by Gasteiger charge is 2.07. The van der Waals surface area contributed by atoms with Gasteiger partial charge in [0.25, 0.3) is 5.01 Å². The predicted molar refractivity (Wildman–Crippen MR) is 48.7 cm³/mol. The summed E-state index contributed by atoms with van der Waals surface area (Å²) in [5.41, 5.74) is 0.975. The molecule has 0 aliphatic heterocycles. The van der Waals surface area contributed by atoms with E-state index < -0.39 is 0 Å². The van der Waals surface area contributed by atoms with Crippen LogP contribution in [0.15, 0.2) is 41.9 Å². The fourth-order valence-corrected chi connectivity index (χ4v) is 1.78. The van der Waals surface area contributed by atoms with Crippen LogP contribution in [0.1, 0.15) is 0 Å². The van der Waals surface area contributed by atoms with Crippen molar-refractivity contribution >= 4 is 11.3 Å². The molecule has 0 spiro atoms. The fraction of sp³-hybridized carbons (Fsp3) is 0. The largest absolute Gasteiger partial charge is 0.618 e. The van der Waals surface area contributed by atoms with Crippen LogP contribution in [0, 0.1) is 5.21 Å². The third-order valence-corrected chi connectivity index (χ3v) is 2.49. The first-order chi connectivity index (χ1) is 5.88. The Hall–Kier alpha value is -1.35. The maximum atomic E-state index is 11.1. The van der Waals surface area contributed by atoms with Crippen LogP contribution in [0.25, 0.3) is 10.6 Å². The number of hydrogen-bond donors (Lipinski definition) is 0. The zero-order valence-corrected chi connectivity index (χ0v) is 7.12. The Bertz CT molecular complexity index is 369. The summed E-state index contributed by atoms with van der Waals surface area (Å²) in [7, 11) is 0. The van der Waals surface area contributed by atoms with Crippen molar-refractivity contribution in [1.29, 1.82) is 0 Å². The quantitative estimate of drug-likeness (QED) is 0.483. The molecule has 0 N–H and O–H groups in total. The minimum absolute atomic E-state index is 0.746. The lowest BCUT2D eigenvalue weighted by Crippen LogP contribution is -2.24. The van der Waals surface area contributed by atoms with E-state index in [1.165, 1.54) is 17.5 Å². The van der Waals surface area contributed by atoms with Crippen molar-refractivity contribution in [3.63, 3.8) is 0 Å². The van der Waals surface area contributed by atoms with Crippen molar-refractivity contribution in [3.05, 3.63) is 47.1 Å². The molecule has 60 valence electrons. The summed E-state index contributed by atoms with van der Waals surface area (Å²) in [5.74, 6) is 0. The van der Waals surface area contributed by atoms with Crippen LogP contribution in [-0.4, -0.2) is 0 Å². The summed E-state index contributed by atoms with van der Waals surface area (Å²) in [6, 6.07) is 9.65. The third-order valence-electron chi connectivity index (χ3n) is 1.60. The highest BCUT2D eigenvalue weighted by molar-refractivity contribution is 7.12. The molecule has 0 aliphatic carbocycles. The van der Waals surface area contributed by atoms with Crippen LogP contribution >= 0.6 is 11.3 Å². The molecule has 0 aliphatic rings.